The minimum Gasteiger partial charge on any atom is -0.496 e. The molecule has 3 heteroatoms. The highest BCUT2D eigenvalue weighted by molar-refractivity contribution is 5.81. The summed E-state index contributed by atoms with van der Waals surface area (Å²) >= 11 is 0. The first-order valence-electron chi connectivity index (χ1n) is 6.91. The summed E-state index contributed by atoms with van der Waals surface area (Å²) in [6.45, 7) is 2.54. The van der Waals surface area contributed by atoms with Gasteiger partial charge in [0, 0.05) is 17.1 Å². The van der Waals surface area contributed by atoms with Crippen molar-refractivity contribution in [3.63, 3.8) is 0 Å². The van der Waals surface area contributed by atoms with Gasteiger partial charge in [-0.3, -0.25) is 4.79 Å². The highest BCUT2D eigenvalue weighted by Gasteiger charge is 2.07. The molecular formula is C18H17NO2. The van der Waals surface area contributed by atoms with Crippen molar-refractivity contribution in [2.24, 2.45) is 0 Å². The molecule has 0 spiro atoms. The molecule has 3 nitrogen and oxygen atoms in total. The fraction of sp³-hybridized carbons (Fsp3) is 0.167. The summed E-state index contributed by atoms with van der Waals surface area (Å²) in [7, 11) is 1.65. The van der Waals surface area contributed by atoms with Gasteiger partial charge in [0.15, 0.2) is 0 Å². The first-order valence-corrected chi connectivity index (χ1v) is 6.91. The van der Waals surface area contributed by atoms with Gasteiger partial charge >= 0.3 is 0 Å². The number of ether oxygens (including phenoxy) is 1. The predicted molar refractivity (Wildman–Crippen MR) is 85.0 cm³/mol. The Labute approximate surface area is 123 Å². The van der Waals surface area contributed by atoms with Gasteiger partial charge in [0.25, 0.3) is 5.56 Å². The molecule has 106 valence electrons. The largest absolute Gasteiger partial charge is 0.496 e. The van der Waals surface area contributed by atoms with E-state index in [2.05, 4.69) is 6.07 Å². The first-order chi connectivity index (χ1) is 10.2. The molecule has 0 fully saturated rings. The Balaban J connectivity index is 2.08. The standard InChI is InChI=1S/C18H17NO2/c1-13-7-8-17(21-2)15(11-13)12-19-10-9-14-5-3-4-6-16(14)18(19)20/h3-11H,12H2,1-2H3. The molecule has 21 heavy (non-hydrogen) atoms. The van der Waals surface area contributed by atoms with E-state index in [1.807, 2.05) is 55.6 Å². The number of nitrogens with zero attached hydrogens (tertiary/aromatic N) is 1. The van der Waals surface area contributed by atoms with Crippen LogP contribution in [-0.4, -0.2) is 11.7 Å². The Morgan fingerprint density at radius 2 is 1.90 bits per heavy atom. The molecule has 0 bridgehead atoms. The van der Waals surface area contributed by atoms with Crippen molar-refractivity contribution in [2.75, 3.05) is 7.11 Å². The van der Waals surface area contributed by atoms with Crippen LogP contribution in [0.1, 0.15) is 11.1 Å². The summed E-state index contributed by atoms with van der Waals surface area (Å²) < 4.78 is 7.11. The maximum Gasteiger partial charge on any atom is 0.258 e. The van der Waals surface area contributed by atoms with Crippen LogP contribution in [0.15, 0.2) is 59.5 Å². The number of rotatable bonds is 3. The number of aryl methyl sites for hydroxylation is 1. The van der Waals surface area contributed by atoms with E-state index in [1.165, 1.54) is 0 Å². The molecule has 2 aromatic carbocycles. The quantitative estimate of drug-likeness (QED) is 0.736. The second-order valence-electron chi connectivity index (χ2n) is 5.15. The summed E-state index contributed by atoms with van der Waals surface area (Å²) in [6, 6.07) is 15.6. The smallest absolute Gasteiger partial charge is 0.258 e. The molecule has 1 heterocycles. The third-order valence-electron chi connectivity index (χ3n) is 3.66. The van der Waals surface area contributed by atoms with E-state index in [0.29, 0.717) is 6.54 Å². The maximum atomic E-state index is 12.5. The van der Waals surface area contributed by atoms with Crippen LogP contribution in [0.4, 0.5) is 0 Å². The zero-order chi connectivity index (χ0) is 14.8. The van der Waals surface area contributed by atoms with E-state index in [0.717, 1.165) is 27.6 Å². The molecule has 0 saturated carbocycles. The Bertz CT molecular complexity index is 849. The van der Waals surface area contributed by atoms with Gasteiger partial charge in [-0.2, -0.15) is 0 Å². The Hall–Kier alpha value is -2.55. The van der Waals surface area contributed by atoms with Gasteiger partial charge in [-0.15, -0.1) is 0 Å². The van der Waals surface area contributed by atoms with Gasteiger partial charge in [-0.1, -0.05) is 35.9 Å². The second kappa shape index (κ2) is 5.44. The van der Waals surface area contributed by atoms with Crippen LogP contribution in [0.2, 0.25) is 0 Å². The van der Waals surface area contributed by atoms with Crippen LogP contribution in [0.3, 0.4) is 0 Å². The molecule has 0 radical (unpaired) electrons. The fourth-order valence-electron chi connectivity index (χ4n) is 2.57. The van der Waals surface area contributed by atoms with Gasteiger partial charge in [0.2, 0.25) is 0 Å². The topological polar surface area (TPSA) is 31.2 Å². The van der Waals surface area contributed by atoms with Crippen LogP contribution in [0, 0.1) is 6.92 Å². The highest BCUT2D eigenvalue weighted by atomic mass is 16.5. The van der Waals surface area contributed by atoms with Gasteiger partial charge in [0.1, 0.15) is 5.75 Å². The molecule has 0 N–H and O–H groups in total. The summed E-state index contributed by atoms with van der Waals surface area (Å²) in [5.41, 5.74) is 2.19. The molecule has 0 unspecified atom stereocenters. The van der Waals surface area contributed by atoms with E-state index in [-0.39, 0.29) is 5.56 Å². The second-order valence-corrected chi connectivity index (χ2v) is 5.15. The molecular weight excluding hydrogens is 262 g/mol. The van der Waals surface area contributed by atoms with Crippen LogP contribution in [-0.2, 0) is 6.54 Å². The maximum absolute atomic E-state index is 12.5. The first kappa shape index (κ1) is 13.4. The average molecular weight is 279 g/mol. The third-order valence-corrected chi connectivity index (χ3v) is 3.66. The van der Waals surface area contributed by atoms with E-state index < -0.39 is 0 Å². The van der Waals surface area contributed by atoms with E-state index in [9.17, 15) is 4.79 Å². The molecule has 0 aliphatic carbocycles. The van der Waals surface area contributed by atoms with E-state index in [4.69, 9.17) is 4.74 Å². The molecule has 0 aliphatic heterocycles. The molecule has 1 aromatic heterocycles. The van der Waals surface area contributed by atoms with Crippen LogP contribution in [0.5, 0.6) is 5.75 Å². The van der Waals surface area contributed by atoms with Crippen molar-refractivity contribution in [2.45, 2.75) is 13.5 Å². The minimum absolute atomic E-state index is 0.0247. The molecule has 3 rings (SSSR count). The summed E-state index contributed by atoms with van der Waals surface area (Å²) in [6.07, 6.45) is 1.84. The van der Waals surface area contributed by atoms with Crippen molar-refractivity contribution >= 4 is 10.8 Å². The minimum atomic E-state index is 0.0247. The molecule has 0 saturated heterocycles. The van der Waals surface area contributed by atoms with Gasteiger partial charge in [-0.05, 0) is 30.5 Å². The fourth-order valence-corrected chi connectivity index (χ4v) is 2.57. The lowest BCUT2D eigenvalue weighted by atomic mass is 10.1. The third kappa shape index (κ3) is 2.55. The zero-order valence-electron chi connectivity index (χ0n) is 12.2. The SMILES string of the molecule is COc1ccc(C)cc1Cn1ccc2ccccc2c1=O. The number of benzene rings is 2. The Morgan fingerprint density at radius 1 is 1.10 bits per heavy atom. The van der Waals surface area contributed by atoms with Crippen molar-refractivity contribution < 1.29 is 4.74 Å². The van der Waals surface area contributed by atoms with E-state index >= 15 is 0 Å². The molecule has 0 atom stereocenters. The molecule has 0 amide bonds. The summed E-state index contributed by atoms with van der Waals surface area (Å²) in [5, 5.41) is 1.71. The summed E-state index contributed by atoms with van der Waals surface area (Å²) in [4.78, 5) is 12.5. The Kier molecular flexibility index (Phi) is 3.48. The van der Waals surface area contributed by atoms with Crippen LogP contribution in [0.25, 0.3) is 10.8 Å². The van der Waals surface area contributed by atoms with Crippen LogP contribution < -0.4 is 10.3 Å². The number of methoxy groups -OCH3 is 1. The molecule has 3 aromatic rings. The lowest BCUT2D eigenvalue weighted by Crippen LogP contribution is -2.20. The number of aromatic nitrogens is 1. The monoisotopic (exact) mass is 279 g/mol. The van der Waals surface area contributed by atoms with Crippen molar-refractivity contribution in [1.29, 1.82) is 0 Å². The van der Waals surface area contributed by atoms with Crippen LogP contribution >= 0.6 is 0 Å². The van der Waals surface area contributed by atoms with Crippen molar-refractivity contribution in [3.8, 4) is 5.75 Å². The lowest BCUT2D eigenvalue weighted by Gasteiger charge is -2.12. The average Bonchev–Trinajstić information content (AvgIpc) is 2.51. The highest BCUT2D eigenvalue weighted by Crippen LogP contribution is 2.20. The van der Waals surface area contributed by atoms with Gasteiger partial charge < -0.3 is 9.30 Å². The number of pyridine rings is 1. The number of hydrogen-bond donors (Lipinski definition) is 0. The van der Waals surface area contributed by atoms with Gasteiger partial charge in [0.05, 0.1) is 13.7 Å². The zero-order valence-corrected chi connectivity index (χ0v) is 12.2. The van der Waals surface area contributed by atoms with E-state index in [1.54, 1.807) is 11.7 Å². The van der Waals surface area contributed by atoms with Crippen molar-refractivity contribution in [3.05, 3.63) is 76.2 Å². The van der Waals surface area contributed by atoms with Crippen molar-refractivity contribution in [1.82, 2.24) is 4.57 Å². The lowest BCUT2D eigenvalue weighted by molar-refractivity contribution is 0.408. The van der Waals surface area contributed by atoms with Gasteiger partial charge in [-0.25, -0.2) is 0 Å². The summed E-state index contributed by atoms with van der Waals surface area (Å²) in [5.74, 6) is 0.806. The number of fused-ring (bicyclic) bond motifs is 1. The number of hydrogen-bond acceptors (Lipinski definition) is 2. The Morgan fingerprint density at radius 3 is 2.71 bits per heavy atom. The normalized spacial score (nSPS) is 10.8. The molecule has 0 aliphatic rings. The predicted octanol–water partition coefficient (Wildman–Crippen LogP) is 3.37.